The van der Waals surface area contributed by atoms with Crippen LogP contribution < -0.4 is 5.73 Å². The Bertz CT molecular complexity index is 335. The molecule has 0 unspecified atom stereocenters. The van der Waals surface area contributed by atoms with Crippen molar-refractivity contribution in [2.24, 2.45) is 5.73 Å². The standard InChI is InChI=1S/C11H15IN2O/c1-14(2)10(11(13)15)7-8-3-5-9(12)6-4-8/h3-6,10H,7H2,1-2H3,(H2,13,15)/t10-/m1/s1. The van der Waals surface area contributed by atoms with Crippen molar-refractivity contribution in [3.05, 3.63) is 33.4 Å². The number of benzene rings is 1. The summed E-state index contributed by atoms with van der Waals surface area (Å²) in [5.74, 6) is -0.279. The molecular formula is C11H15IN2O. The maximum atomic E-state index is 11.2. The van der Waals surface area contributed by atoms with Crippen molar-refractivity contribution in [2.75, 3.05) is 14.1 Å². The Kier molecular flexibility index (Phi) is 4.53. The molecule has 0 heterocycles. The van der Waals surface area contributed by atoms with Crippen LogP contribution in [-0.4, -0.2) is 30.9 Å². The van der Waals surface area contributed by atoms with Gasteiger partial charge in [0, 0.05) is 3.57 Å². The van der Waals surface area contributed by atoms with Gasteiger partial charge in [0.2, 0.25) is 5.91 Å². The van der Waals surface area contributed by atoms with E-state index in [1.807, 2.05) is 43.3 Å². The second-order valence-corrected chi connectivity index (χ2v) is 4.96. The molecule has 0 aliphatic heterocycles. The van der Waals surface area contributed by atoms with Gasteiger partial charge in [0.15, 0.2) is 0 Å². The van der Waals surface area contributed by atoms with Crippen LogP contribution in [0, 0.1) is 3.57 Å². The van der Waals surface area contributed by atoms with Gasteiger partial charge in [0.05, 0.1) is 6.04 Å². The van der Waals surface area contributed by atoms with Crippen LogP contribution in [0.25, 0.3) is 0 Å². The van der Waals surface area contributed by atoms with Crippen molar-refractivity contribution in [1.29, 1.82) is 0 Å². The maximum Gasteiger partial charge on any atom is 0.235 e. The summed E-state index contributed by atoms with van der Waals surface area (Å²) in [6.07, 6.45) is 0.666. The summed E-state index contributed by atoms with van der Waals surface area (Å²) in [7, 11) is 3.73. The van der Waals surface area contributed by atoms with E-state index in [9.17, 15) is 4.79 Å². The van der Waals surface area contributed by atoms with Crippen molar-refractivity contribution in [2.45, 2.75) is 12.5 Å². The van der Waals surface area contributed by atoms with Crippen LogP contribution in [-0.2, 0) is 11.2 Å². The normalized spacial score (nSPS) is 12.8. The van der Waals surface area contributed by atoms with Gasteiger partial charge >= 0.3 is 0 Å². The molecule has 0 saturated heterocycles. The van der Waals surface area contributed by atoms with E-state index in [2.05, 4.69) is 22.6 Å². The molecule has 3 nitrogen and oxygen atoms in total. The van der Waals surface area contributed by atoms with Crippen molar-refractivity contribution in [1.82, 2.24) is 4.90 Å². The molecule has 1 atom stereocenters. The third-order valence-electron chi connectivity index (χ3n) is 2.29. The predicted octanol–water partition coefficient (Wildman–Crippen LogP) is 1.25. The van der Waals surface area contributed by atoms with Crippen molar-refractivity contribution >= 4 is 28.5 Å². The first-order chi connectivity index (χ1) is 7.00. The zero-order valence-corrected chi connectivity index (χ0v) is 11.1. The molecule has 1 rings (SSSR count). The van der Waals surface area contributed by atoms with Gasteiger partial charge in [0.1, 0.15) is 0 Å². The van der Waals surface area contributed by atoms with Crippen LogP contribution in [0.1, 0.15) is 5.56 Å². The van der Waals surface area contributed by atoms with Crippen molar-refractivity contribution < 1.29 is 4.79 Å². The number of nitrogens with two attached hydrogens (primary N) is 1. The number of primary amides is 1. The first-order valence-electron chi connectivity index (χ1n) is 4.71. The van der Waals surface area contributed by atoms with E-state index in [1.165, 1.54) is 3.57 Å². The molecule has 1 aromatic carbocycles. The second-order valence-electron chi connectivity index (χ2n) is 3.71. The van der Waals surface area contributed by atoms with Gasteiger partial charge in [0.25, 0.3) is 0 Å². The molecule has 2 N–H and O–H groups in total. The number of hydrogen-bond donors (Lipinski definition) is 1. The van der Waals surface area contributed by atoms with Gasteiger partial charge in [-0.1, -0.05) is 12.1 Å². The summed E-state index contributed by atoms with van der Waals surface area (Å²) in [4.78, 5) is 13.0. The van der Waals surface area contributed by atoms with Crippen LogP contribution in [0.4, 0.5) is 0 Å². The zero-order valence-electron chi connectivity index (χ0n) is 8.90. The Hall–Kier alpha value is -0.620. The highest BCUT2D eigenvalue weighted by Crippen LogP contribution is 2.10. The highest BCUT2D eigenvalue weighted by molar-refractivity contribution is 14.1. The fourth-order valence-corrected chi connectivity index (χ4v) is 1.74. The average molecular weight is 318 g/mol. The number of amides is 1. The molecule has 15 heavy (non-hydrogen) atoms. The molecule has 0 saturated carbocycles. The summed E-state index contributed by atoms with van der Waals surface area (Å²) in [6, 6.07) is 7.89. The van der Waals surface area contributed by atoms with Crippen LogP contribution in [0.15, 0.2) is 24.3 Å². The molecular weight excluding hydrogens is 303 g/mol. The molecule has 4 heteroatoms. The van der Waals surface area contributed by atoms with Crippen LogP contribution in [0.5, 0.6) is 0 Å². The zero-order chi connectivity index (χ0) is 11.4. The summed E-state index contributed by atoms with van der Waals surface area (Å²) in [6.45, 7) is 0. The molecule has 0 aliphatic rings. The molecule has 0 bridgehead atoms. The Morgan fingerprint density at radius 1 is 1.40 bits per heavy atom. The Labute approximate surface area is 104 Å². The van der Waals surface area contributed by atoms with Gasteiger partial charge in [-0.05, 0) is 60.8 Å². The number of nitrogens with zero attached hydrogens (tertiary/aromatic N) is 1. The van der Waals surface area contributed by atoms with Gasteiger partial charge in [-0.3, -0.25) is 9.69 Å². The molecule has 82 valence electrons. The first kappa shape index (κ1) is 12.4. The largest absolute Gasteiger partial charge is 0.368 e. The molecule has 0 aliphatic carbocycles. The van der Waals surface area contributed by atoms with E-state index < -0.39 is 0 Å². The van der Waals surface area contributed by atoms with E-state index in [4.69, 9.17) is 5.73 Å². The maximum absolute atomic E-state index is 11.2. The Morgan fingerprint density at radius 2 is 1.93 bits per heavy atom. The van der Waals surface area contributed by atoms with E-state index in [-0.39, 0.29) is 11.9 Å². The van der Waals surface area contributed by atoms with Gasteiger partial charge in [-0.25, -0.2) is 0 Å². The summed E-state index contributed by atoms with van der Waals surface area (Å²) in [5, 5.41) is 0. The average Bonchev–Trinajstić information content (AvgIpc) is 2.15. The van der Waals surface area contributed by atoms with Gasteiger partial charge in [-0.2, -0.15) is 0 Å². The van der Waals surface area contributed by atoms with Crippen LogP contribution in [0.2, 0.25) is 0 Å². The minimum atomic E-state index is -0.279. The molecule has 1 aromatic rings. The first-order valence-corrected chi connectivity index (χ1v) is 5.79. The molecule has 0 aromatic heterocycles. The van der Waals surface area contributed by atoms with E-state index in [1.54, 1.807) is 0 Å². The van der Waals surface area contributed by atoms with E-state index in [0.717, 1.165) is 5.56 Å². The summed E-state index contributed by atoms with van der Waals surface area (Å²) in [5.41, 5.74) is 6.47. The minimum absolute atomic E-state index is 0.231. The Balaban J connectivity index is 2.74. The number of halogens is 1. The van der Waals surface area contributed by atoms with Crippen molar-refractivity contribution in [3.8, 4) is 0 Å². The van der Waals surface area contributed by atoms with Crippen LogP contribution in [0.3, 0.4) is 0 Å². The number of hydrogen-bond acceptors (Lipinski definition) is 2. The highest BCUT2D eigenvalue weighted by atomic mass is 127. The molecule has 0 radical (unpaired) electrons. The number of carbonyl (C=O) groups is 1. The summed E-state index contributed by atoms with van der Waals surface area (Å²) < 4.78 is 1.19. The monoisotopic (exact) mass is 318 g/mol. The van der Waals surface area contributed by atoms with E-state index >= 15 is 0 Å². The summed E-state index contributed by atoms with van der Waals surface area (Å²) >= 11 is 2.25. The third-order valence-corrected chi connectivity index (χ3v) is 3.01. The Morgan fingerprint density at radius 3 is 2.33 bits per heavy atom. The number of rotatable bonds is 4. The lowest BCUT2D eigenvalue weighted by molar-refractivity contribution is -0.122. The third kappa shape index (κ3) is 3.79. The van der Waals surface area contributed by atoms with Gasteiger partial charge in [-0.15, -0.1) is 0 Å². The van der Waals surface area contributed by atoms with E-state index in [0.29, 0.717) is 6.42 Å². The molecule has 0 fully saturated rings. The lowest BCUT2D eigenvalue weighted by Crippen LogP contribution is -2.41. The lowest BCUT2D eigenvalue weighted by Gasteiger charge is -2.20. The lowest BCUT2D eigenvalue weighted by atomic mass is 10.1. The highest BCUT2D eigenvalue weighted by Gasteiger charge is 2.17. The predicted molar refractivity (Wildman–Crippen MR) is 69.5 cm³/mol. The van der Waals surface area contributed by atoms with Gasteiger partial charge < -0.3 is 5.73 Å². The SMILES string of the molecule is CN(C)[C@H](Cc1ccc(I)cc1)C(N)=O. The van der Waals surface area contributed by atoms with Crippen LogP contribution >= 0.6 is 22.6 Å². The fourth-order valence-electron chi connectivity index (χ4n) is 1.38. The smallest absolute Gasteiger partial charge is 0.235 e. The quantitative estimate of drug-likeness (QED) is 0.850. The number of carbonyl (C=O) groups excluding carboxylic acids is 1. The molecule has 1 amide bonds. The minimum Gasteiger partial charge on any atom is -0.368 e. The fraction of sp³-hybridized carbons (Fsp3) is 0.364. The number of likely N-dealkylation sites (N-methyl/N-ethyl adjacent to an activating group) is 1. The van der Waals surface area contributed by atoms with Crippen molar-refractivity contribution in [3.63, 3.8) is 0 Å². The second kappa shape index (κ2) is 5.46. The topological polar surface area (TPSA) is 46.3 Å². The molecule has 0 spiro atoms.